The summed E-state index contributed by atoms with van der Waals surface area (Å²) >= 11 is 0. The predicted octanol–water partition coefficient (Wildman–Crippen LogP) is 2.09. The van der Waals surface area contributed by atoms with Gasteiger partial charge in [-0.15, -0.1) is 0 Å². The van der Waals surface area contributed by atoms with Crippen molar-refractivity contribution in [3.63, 3.8) is 0 Å². The lowest BCUT2D eigenvalue weighted by Gasteiger charge is -2.07. The Labute approximate surface area is 75.0 Å². The minimum atomic E-state index is -1.22. The standard InChI is InChI=1S/C8H17O3P/c1-3-11-12(10)7-5-4-6-8(2)9/h10H,3-7H2,1-2H3. The van der Waals surface area contributed by atoms with Crippen LogP contribution in [0, 0.1) is 0 Å². The van der Waals surface area contributed by atoms with Crippen LogP contribution in [0.5, 0.6) is 0 Å². The zero-order valence-electron chi connectivity index (χ0n) is 7.75. The van der Waals surface area contributed by atoms with E-state index in [2.05, 4.69) is 0 Å². The van der Waals surface area contributed by atoms with Crippen LogP contribution >= 0.6 is 8.38 Å². The Balaban J connectivity index is 3.13. The zero-order valence-corrected chi connectivity index (χ0v) is 8.64. The van der Waals surface area contributed by atoms with E-state index in [0.717, 1.165) is 12.8 Å². The van der Waals surface area contributed by atoms with E-state index in [1.807, 2.05) is 6.92 Å². The lowest BCUT2D eigenvalue weighted by molar-refractivity contribution is -0.117. The number of ketones is 1. The molecule has 0 rings (SSSR count). The molecule has 0 aromatic heterocycles. The van der Waals surface area contributed by atoms with Crippen LogP contribution in [0.1, 0.15) is 33.1 Å². The van der Waals surface area contributed by atoms with Gasteiger partial charge in [0, 0.05) is 12.6 Å². The van der Waals surface area contributed by atoms with Crippen molar-refractivity contribution in [2.24, 2.45) is 0 Å². The van der Waals surface area contributed by atoms with Crippen LogP contribution in [-0.4, -0.2) is 23.4 Å². The SMILES string of the molecule is CCOP(O)CCCCC(C)=O. The fourth-order valence-corrected chi connectivity index (χ4v) is 1.76. The molecule has 0 aromatic carbocycles. The van der Waals surface area contributed by atoms with E-state index in [0.29, 0.717) is 19.2 Å². The van der Waals surface area contributed by atoms with Gasteiger partial charge >= 0.3 is 0 Å². The monoisotopic (exact) mass is 192 g/mol. The maximum absolute atomic E-state index is 10.5. The van der Waals surface area contributed by atoms with Gasteiger partial charge in [-0.25, -0.2) is 0 Å². The molecule has 12 heavy (non-hydrogen) atoms. The molecule has 0 aliphatic rings. The first-order valence-corrected chi connectivity index (χ1v) is 5.65. The Hall–Kier alpha value is 0.0200. The van der Waals surface area contributed by atoms with Crippen molar-refractivity contribution in [2.45, 2.75) is 33.1 Å². The highest BCUT2D eigenvalue weighted by Crippen LogP contribution is 2.32. The Morgan fingerprint density at radius 2 is 2.17 bits per heavy atom. The highest BCUT2D eigenvalue weighted by Gasteiger charge is 2.03. The van der Waals surface area contributed by atoms with E-state index < -0.39 is 8.38 Å². The van der Waals surface area contributed by atoms with Crippen molar-refractivity contribution in [3.8, 4) is 0 Å². The molecule has 0 saturated heterocycles. The second kappa shape index (κ2) is 7.66. The van der Waals surface area contributed by atoms with E-state index in [4.69, 9.17) is 4.52 Å². The molecule has 0 heterocycles. The lowest BCUT2D eigenvalue weighted by atomic mass is 10.2. The van der Waals surface area contributed by atoms with E-state index in [1.54, 1.807) is 6.92 Å². The molecular formula is C8H17O3P. The van der Waals surface area contributed by atoms with Crippen LogP contribution in [0.4, 0.5) is 0 Å². The van der Waals surface area contributed by atoms with Crippen LogP contribution in [0.3, 0.4) is 0 Å². The predicted molar refractivity (Wildman–Crippen MR) is 50.2 cm³/mol. The number of hydrogen-bond acceptors (Lipinski definition) is 3. The van der Waals surface area contributed by atoms with Crippen LogP contribution in [0.15, 0.2) is 0 Å². The van der Waals surface area contributed by atoms with Crippen molar-refractivity contribution < 1.29 is 14.2 Å². The second-order valence-electron chi connectivity index (χ2n) is 2.65. The van der Waals surface area contributed by atoms with Crippen molar-refractivity contribution in [3.05, 3.63) is 0 Å². The maximum Gasteiger partial charge on any atom is 0.167 e. The molecule has 1 atom stereocenters. The minimum Gasteiger partial charge on any atom is -0.350 e. The van der Waals surface area contributed by atoms with Gasteiger partial charge in [0.25, 0.3) is 0 Å². The van der Waals surface area contributed by atoms with Crippen LogP contribution in [0.25, 0.3) is 0 Å². The van der Waals surface area contributed by atoms with E-state index >= 15 is 0 Å². The Kier molecular flexibility index (Phi) is 7.67. The third-order valence-electron chi connectivity index (χ3n) is 1.41. The lowest BCUT2D eigenvalue weighted by Crippen LogP contribution is -1.93. The molecule has 0 aliphatic carbocycles. The molecular weight excluding hydrogens is 175 g/mol. The van der Waals surface area contributed by atoms with Gasteiger partial charge < -0.3 is 14.2 Å². The normalized spacial score (nSPS) is 12.9. The number of rotatable bonds is 7. The summed E-state index contributed by atoms with van der Waals surface area (Å²) in [4.78, 5) is 19.7. The van der Waals surface area contributed by atoms with Crippen molar-refractivity contribution in [1.29, 1.82) is 0 Å². The largest absolute Gasteiger partial charge is 0.350 e. The molecule has 0 bridgehead atoms. The van der Waals surface area contributed by atoms with Gasteiger partial charge in [0.1, 0.15) is 5.78 Å². The van der Waals surface area contributed by atoms with E-state index in [1.165, 1.54) is 0 Å². The summed E-state index contributed by atoms with van der Waals surface area (Å²) in [5.41, 5.74) is 0. The quantitative estimate of drug-likeness (QED) is 0.496. The van der Waals surface area contributed by atoms with Gasteiger partial charge in [0.15, 0.2) is 8.38 Å². The molecule has 0 aliphatic heterocycles. The van der Waals surface area contributed by atoms with Crippen LogP contribution in [-0.2, 0) is 9.32 Å². The van der Waals surface area contributed by atoms with Gasteiger partial charge in [0.05, 0.1) is 6.61 Å². The molecule has 0 aromatic rings. The number of unbranched alkanes of at least 4 members (excludes halogenated alkanes) is 1. The summed E-state index contributed by atoms with van der Waals surface area (Å²) in [7, 11) is -1.22. The van der Waals surface area contributed by atoms with Gasteiger partial charge in [-0.3, -0.25) is 0 Å². The summed E-state index contributed by atoms with van der Waals surface area (Å²) in [5.74, 6) is 0.216. The van der Waals surface area contributed by atoms with E-state index in [-0.39, 0.29) is 5.78 Å². The molecule has 1 unspecified atom stereocenters. The molecule has 0 radical (unpaired) electrons. The van der Waals surface area contributed by atoms with Gasteiger partial charge in [0.2, 0.25) is 0 Å². The number of Topliss-reactive ketones (excluding diaryl/α,β-unsaturated/α-hetero) is 1. The first-order chi connectivity index (χ1) is 5.66. The summed E-state index contributed by atoms with van der Waals surface area (Å²) in [5, 5.41) is 0. The van der Waals surface area contributed by atoms with Gasteiger partial charge in [-0.2, -0.15) is 0 Å². The number of hydrogen-bond donors (Lipinski definition) is 1. The molecule has 72 valence electrons. The summed E-state index contributed by atoms with van der Waals surface area (Å²) in [6.45, 7) is 4.01. The molecule has 3 nitrogen and oxygen atoms in total. The molecule has 0 fully saturated rings. The fraction of sp³-hybridized carbons (Fsp3) is 0.875. The van der Waals surface area contributed by atoms with E-state index in [9.17, 15) is 9.69 Å². The molecule has 4 heteroatoms. The molecule has 1 N–H and O–H groups in total. The number of carbonyl (C=O) groups is 1. The highest BCUT2D eigenvalue weighted by atomic mass is 31.2. The number of carbonyl (C=O) groups excluding carboxylic acids is 1. The first-order valence-electron chi connectivity index (χ1n) is 4.25. The van der Waals surface area contributed by atoms with Crippen molar-refractivity contribution in [2.75, 3.05) is 12.8 Å². The zero-order chi connectivity index (χ0) is 9.40. The van der Waals surface area contributed by atoms with Gasteiger partial charge in [-0.1, -0.05) is 0 Å². The smallest absolute Gasteiger partial charge is 0.167 e. The molecule has 0 amide bonds. The summed E-state index contributed by atoms with van der Waals surface area (Å²) in [6.07, 6.45) is 3.05. The molecule has 0 saturated carbocycles. The Morgan fingerprint density at radius 1 is 1.50 bits per heavy atom. The maximum atomic E-state index is 10.5. The minimum absolute atomic E-state index is 0.216. The van der Waals surface area contributed by atoms with Crippen molar-refractivity contribution in [1.82, 2.24) is 0 Å². The average Bonchev–Trinajstić information content (AvgIpc) is 1.98. The fourth-order valence-electron chi connectivity index (χ4n) is 0.835. The first kappa shape index (κ1) is 12.0. The van der Waals surface area contributed by atoms with Crippen LogP contribution < -0.4 is 0 Å². The average molecular weight is 192 g/mol. The van der Waals surface area contributed by atoms with Crippen LogP contribution in [0.2, 0.25) is 0 Å². The summed E-state index contributed by atoms with van der Waals surface area (Å²) in [6, 6.07) is 0. The third-order valence-corrected chi connectivity index (χ3v) is 2.66. The van der Waals surface area contributed by atoms with Gasteiger partial charge in [-0.05, 0) is 26.7 Å². The Morgan fingerprint density at radius 3 is 2.67 bits per heavy atom. The molecule has 0 spiro atoms. The Bertz CT molecular complexity index is 127. The highest BCUT2D eigenvalue weighted by molar-refractivity contribution is 7.46. The van der Waals surface area contributed by atoms with Crippen molar-refractivity contribution >= 4 is 14.2 Å². The summed E-state index contributed by atoms with van der Waals surface area (Å²) < 4.78 is 4.98. The topological polar surface area (TPSA) is 46.5 Å². The third kappa shape index (κ3) is 8.12. The second-order valence-corrected chi connectivity index (χ2v) is 4.06.